The third kappa shape index (κ3) is 2.85. The molecule has 6 heteroatoms. The number of hydrogen-bond acceptors (Lipinski definition) is 5. The van der Waals surface area contributed by atoms with Crippen LogP contribution in [0, 0.1) is 12.8 Å². The van der Waals surface area contributed by atoms with Crippen LogP contribution in [-0.2, 0) is 13.1 Å². The lowest BCUT2D eigenvalue weighted by Crippen LogP contribution is -2.46. The summed E-state index contributed by atoms with van der Waals surface area (Å²) in [6.45, 7) is 4.89. The molecule has 5 rings (SSSR count). The zero-order valence-corrected chi connectivity index (χ0v) is 15.7. The number of piperidine rings is 1. The molecule has 2 unspecified atom stereocenters. The summed E-state index contributed by atoms with van der Waals surface area (Å²) in [4.78, 5) is 26.6. The van der Waals surface area contributed by atoms with Crippen LogP contribution in [0.3, 0.4) is 0 Å². The molecule has 2 aliphatic heterocycles. The van der Waals surface area contributed by atoms with Crippen molar-refractivity contribution >= 4 is 11.0 Å². The van der Waals surface area contributed by atoms with E-state index >= 15 is 0 Å². The molecule has 0 saturated carbocycles. The maximum Gasteiger partial charge on any atom is 0.336 e. The smallest absolute Gasteiger partial charge is 0.336 e. The van der Waals surface area contributed by atoms with Crippen molar-refractivity contribution in [1.29, 1.82) is 0 Å². The average molecular weight is 378 g/mol. The van der Waals surface area contributed by atoms with E-state index in [1.807, 2.05) is 10.6 Å². The van der Waals surface area contributed by atoms with Crippen molar-refractivity contribution in [2.45, 2.75) is 32.4 Å². The number of phenols is 1. The lowest BCUT2D eigenvalue weighted by Gasteiger charge is -2.42. The Labute approximate surface area is 161 Å². The molecule has 0 radical (unpaired) electrons. The Kier molecular flexibility index (Phi) is 3.91. The number of pyridine rings is 1. The van der Waals surface area contributed by atoms with Gasteiger partial charge in [0.15, 0.2) is 0 Å². The van der Waals surface area contributed by atoms with E-state index in [2.05, 4.69) is 11.0 Å². The molecule has 2 aliphatic rings. The Morgan fingerprint density at radius 3 is 2.86 bits per heavy atom. The number of aromatic nitrogens is 1. The topological polar surface area (TPSA) is 75.7 Å². The van der Waals surface area contributed by atoms with E-state index < -0.39 is 0 Å². The van der Waals surface area contributed by atoms with Crippen molar-refractivity contribution in [3.8, 4) is 5.75 Å². The van der Waals surface area contributed by atoms with Crippen molar-refractivity contribution in [1.82, 2.24) is 9.47 Å². The molecule has 1 aromatic carbocycles. The van der Waals surface area contributed by atoms with Gasteiger partial charge in [0.25, 0.3) is 5.56 Å². The molecule has 1 saturated heterocycles. The minimum absolute atomic E-state index is 0.0816. The highest BCUT2D eigenvalue weighted by atomic mass is 16.4. The molecule has 2 bridgehead atoms. The summed E-state index contributed by atoms with van der Waals surface area (Å²) in [6, 6.07) is 10.4. The molecule has 4 heterocycles. The molecular formula is C22H22N2O4. The van der Waals surface area contributed by atoms with Crippen LogP contribution in [0.25, 0.3) is 11.0 Å². The van der Waals surface area contributed by atoms with Crippen LogP contribution in [-0.4, -0.2) is 27.7 Å². The molecule has 28 heavy (non-hydrogen) atoms. The molecule has 2 aromatic heterocycles. The van der Waals surface area contributed by atoms with Gasteiger partial charge in [0.1, 0.15) is 11.3 Å². The Bertz CT molecular complexity index is 1190. The minimum atomic E-state index is -0.373. The largest absolute Gasteiger partial charge is 0.508 e. The van der Waals surface area contributed by atoms with Crippen molar-refractivity contribution in [2.24, 2.45) is 5.92 Å². The van der Waals surface area contributed by atoms with Crippen molar-refractivity contribution in [2.75, 3.05) is 13.1 Å². The predicted molar refractivity (Wildman–Crippen MR) is 106 cm³/mol. The van der Waals surface area contributed by atoms with Gasteiger partial charge in [-0.1, -0.05) is 6.07 Å². The van der Waals surface area contributed by atoms with Gasteiger partial charge in [-0.3, -0.25) is 9.69 Å². The number of benzene rings is 1. The highest BCUT2D eigenvalue weighted by molar-refractivity contribution is 5.82. The van der Waals surface area contributed by atoms with Gasteiger partial charge in [-0.2, -0.15) is 0 Å². The number of rotatable bonds is 2. The van der Waals surface area contributed by atoms with Crippen LogP contribution >= 0.6 is 0 Å². The second-order valence-electron chi connectivity index (χ2n) is 8.12. The Balaban J connectivity index is 1.49. The van der Waals surface area contributed by atoms with E-state index in [4.69, 9.17) is 4.42 Å². The number of aromatic hydroxyl groups is 1. The summed E-state index contributed by atoms with van der Waals surface area (Å²) in [5.41, 5.74) is 2.88. The molecule has 0 amide bonds. The lowest BCUT2D eigenvalue weighted by atomic mass is 9.83. The van der Waals surface area contributed by atoms with Gasteiger partial charge in [0.2, 0.25) is 0 Å². The average Bonchev–Trinajstić information content (AvgIpc) is 2.64. The molecule has 6 nitrogen and oxygen atoms in total. The zero-order chi connectivity index (χ0) is 19.4. The van der Waals surface area contributed by atoms with E-state index in [1.54, 1.807) is 25.1 Å². The van der Waals surface area contributed by atoms with Crippen molar-refractivity contribution in [3.05, 3.63) is 74.0 Å². The number of phenolic OH excluding ortho intramolecular Hbond substituents is 1. The maximum atomic E-state index is 12.2. The lowest BCUT2D eigenvalue weighted by molar-refractivity contribution is 0.114. The van der Waals surface area contributed by atoms with Crippen LogP contribution in [0.5, 0.6) is 5.75 Å². The van der Waals surface area contributed by atoms with Crippen molar-refractivity contribution in [3.63, 3.8) is 0 Å². The predicted octanol–water partition coefficient (Wildman–Crippen LogP) is 2.59. The van der Waals surface area contributed by atoms with Crippen LogP contribution in [0.15, 0.2) is 50.4 Å². The first-order chi connectivity index (χ1) is 13.5. The van der Waals surface area contributed by atoms with Crippen LogP contribution in [0.2, 0.25) is 0 Å². The number of likely N-dealkylation sites (tertiary alicyclic amines) is 1. The van der Waals surface area contributed by atoms with E-state index in [0.29, 0.717) is 29.5 Å². The Morgan fingerprint density at radius 1 is 1.14 bits per heavy atom. The summed E-state index contributed by atoms with van der Waals surface area (Å²) in [6.07, 6.45) is 1.09. The third-order valence-corrected chi connectivity index (χ3v) is 6.10. The van der Waals surface area contributed by atoms with E-state index in [9.17, 15) is 14.7 Å². The molecule has 144 valence electrons. The SMILES string of the molecule is Cc1cc2oc(=O)cc(CN3CC4CC(C3)c3cccc(=O)n3C4)c2cc1O. The quantitative estimate of drug-likeness (QED) is 0.694. The molecule has 1 N–H and O–H groups in total. The number of fused-ring (bicyclic) bond motifs is 5. The van der Waals surface area contributed by atoms with Gasteiger partial charge in [0.05, 0.1) is 0 Å². The summed E-state index contributed by atoms with van der Waals surface area (Å²) in [7, 11) is 0. The van der Waals surface area contributed by atoms with Crippen molar-refractivity contribution < 1.29 is 9.52 Å². The van der Waals surface area contributed by atoms with Gasteiger partial charge in [-0.15, -0.1) is 0 Å². The zero-order valence-electron chi connectivity index (χ0n) is 15.7. The third-order valence-electron chi connectivity index (χ3n) is 6.10. The van der Waals surface area contributed by atoms with E-state index in [-0.39, 0.29) is 16.9 Å². The first-order valence-electron chi connectivity index (χ1n) is 9.66. The molecule has 2 atom stereocenters. The highest BCUT2D eigenvalue weighted by Crippen LogP contribution is 2.36. The number of nitrogens with zero attached hydrogens (tertiary/aromatic N) is 2. The van der Waals surface area contributed by atoms with Crippen LogP contribution in [0.4, 0.5) is 0 Å². The molecule has 1 fully saturated rings. The Morgan fingerprint density at radius 2 is 2.00 bits per heavy atom. The summed E-state index contributed by atoms with van der Waals surface area (Å²) < 4.78 is 7.26. The molecule has 3 aromatic rings. The fourth-order valence-corrected chi connectivity index (χ4v) is 4.86. The summed E-state index contributed by atoms with van der Waals surface area (Å²) >= 11 is 0. The Hall–Kier alpha value is -2.86. The second kappa shape index (κ2) is 6.34. The first-order valence-corrected chi connectivity index (χ1v) is 9.66. The van der Waals surface area contributed by atoms with Crippen LogP contribution in [0.1, 0.15) is 29.2 Å². The summed E-state index contributed by atoms with van der Waals surface area (Å²) in [5.74, 6) is 0.947. The van der Waals surface area contributed by atoms with E-state index in [1.165, 1.54) is 6.07 Å². The number of aryl methyl sites for hydroxylation is 1. The highest BCUT2D eigenvalue weighted by Gasteiger charge is 2.34. The van der Waals surface area contributed by atoms with Gasteiger partial charge in [-0.25, -0.2) is 4.79 Å². The van der Waals surface area contributed by atoms with Gasteiger partial charge < -0.3 is 14.1 Å². The fraction of sp³-hybridized carbons (Fsp3) is 0.364. The molecule has 0 aliphatic carbocycles. The monoisotopic (exact) mass is 378 g/mol. The van der Waals surface area contributed by atoms with E-state index in [0.717, 1.165) is 42.7 Å². The van der Waals surface area contributed by atoms with Gasteiger partial charge >= 0.3 is 5.63 Å². The minimum Gasteiger partial charge on any atom is -0.508 e. The first kappa shape index (κ1) is 17.3. The molecular weight excluding hydrogens is 356 g/mol. The summed E-state index contributed by atoms with van der Waals surface area (Å²) in [5, 5.41) is 10.9. The maximum absolute atomic E-state index is 12.2. The number of hydrogen-bond donors (Lipinski definition) is 1. The fourth-order valence-electron chi connectivity index (χ4n) is 4.86. The standard InChI is InChI=1S/C22H22N2O4/c1-13-5-20-17(8-19(13)25)15(7-22(27)28-20)11-23-9-14-6-16(12-23)18-3-2-4-21(26)24(18)10-14/h2-5,7-8,14,16,25H,6,9-12H2,1H3. The second-order valence-corrected chi connectivity index (χ2v) is 8.12. The normalized spacial score (nSPS) is 21.6. The van der Waals surface area contributed by atoms with Gasteiger partial charge in [-0.05, 0) is 48.6 Å². The van der Waals surface area contributed by atoms with Gasteiger partial charge in [0, 0.05) is 55.3 Å². The van der Waals surface area contributed by atoms with Crippen LogP contribution < -0.4 is 11.2 Å². The molecule has 0 spiro atoms.